The monoisotopic (exact) mass is 281 g/mol. The van der Waals surface area contributed by atoms with Gasteiger partial charge in [-0.1, -0.05) is 19.3 Å². The van der Waals surface area contributed by atoms with Crippen molar-refractivity contribution in [3.8, 4) is 5.75 Å². The fourth-order valence-electron chi connectivity index (χ4n) is 2.05. The largest absolute Gasteiger partial charge is 0.493 e. The Labute approximate surface area is 117 Å². The van der Waals surface area contributed by atoms with Gasteiger partial charge in [0.15, 0.2) is 0 Å². The molecule has 4 nitrogen and oxygen atoms in total. The quantitative estimate of drug-likeness (QED) is 0.834. The zero-order chi connectivity index (χ0) is 14.4. The van der Waals surface area contributed by atoms with E-state index in [-0.39, 0.29) is 5.82 Å². The Kier molecular flexibility index (Phi) is 5.21. The van der Waals surface area contributed by atoms with Crippen LogP contribution in [0.25, 0.3) is 0 Å². The standard InChI is InChI=1S/C12H14FNO3.C3H6/c13-10-3-4-11-9(5-7-17-11)8(10)2-1-6-14-12(15)16;1-2-3-1/h3-4,14H,1-2,5-7H2,(H,15,16);1-3H2. The maximum absolute atomic E-state index is 13.6. The normalized spacial score (nSPS) is 14.7. The molecule has 5 heteroatoms. The number of carboxylic acid groups (broad SMARTS) is 1. The predicted octanol–water partition coefficient (Wildman–Crippen LogP) is 3.13. The summed E-state index contributed by atoms with van der Waals surface area (Å²) in [6.45, 7) is 0.929. The maximum atomic E-state index is 13.6. The number of ether oxygens (including phenoxy) is 1. The van der Waals surface area contributed by atoms with Crippen LogP contribution in [0.4, 0.5) is 9.18 Å². The van der Waals surface area contributed by atoms with Gasteiger partial charge in [-0.3, -0.25) is 0 Å². The average molecular weight is 281 g/mol. The fraction of sp³-hybridized carbons (Fsp3) is 0.533. The van der Waals surface area contributed by atoms with Crippen LogP contribution >= 0.6 is 0 Å². The molecule has 0 atom stereocenters. The minimum atomic E-state index is -1.05. The second kappa shape index (κ2) is 7.12. The van der Waals surface area contributed by atoms with Crippen LogP contribution in [-0.2, 0) is 12.8 Å². The molecule has 0 saturated heterocycles. The van der Waals surface area contributed by atoms with Crippen molar-refractivity contribution >= 4 is 6.09 Å². The van der Waals surface area contributed by atoms with E-state index in [2.05, 4.69) is 5.32 Å². The van der Waals surface area contributed by atoms with Crippen LogP contribution in [0.1, 0.15) is 36.8 Å². The van der Waals surface area contributed by atoms with E-state index >= 15 is 0 Å². The fourth-order valence-corrected chi connectivity index (χ4v) is 2.05. The molecule has 110 valence electrons. The molecule has 1 amide bonds. The van der Waals surface area contributed by atoms with Gasteiger partial charge in [0, 0.05) is 18.5 Å². The number of amides is 1. The molecule has 1 aliphatic carbocycles. The van der Waals surface area contributed by atoms with Gasteiger partial charge in [-0.05, 0) is 30.5 Å². The zero-order valence-corrected chi connectivity index (χ0v) is 11.5. The molecule has 1 aromatic carbocycles. The number of hydrogen-bond donors (Lipinski definition) is 2. The number of rotatable bonds is 4. The molecule has 0 radical (unpaired) electrons. The number of carbonyl (C=O) groups is 1. The summed E-state index contributed by atoms with van der Waals surface area (Å²) in [6.07, 6.45) is 5.29. The molecule has 3 rings (SSSR count). The first-order valence-corrected chi connectivity index (χ1v) is 7.08. The van der Waals surface area contributed by atoms with E-state index in [4.69, 9.17) is 9.84 Å². The smallest absolute Gasteiger partial charge is 0.404 e. The van der Waals surface area contributed by atoms with Crippen LogP contribution in [0, 0.1) is 5.82 Å². The Hall–Kier alpha value is -1.78. The van der Waals surface area contributed by atoms with Gasteiger partial charge in [0.05, 0.1) is 6.61 Å². The highest BCUT2D eigenvalue weighted by Crippen LogP contribution is 2.30. The minimum Gasteiger partial charge on any atom is -0.493 e. The molecule has 0 unspecified atom stereocenters. The van der Waals surface area contributed by atoms with Gasteiger partial charge >= 0.3 is 6.09 Å². The number of fused-ring (bicyclic) bond motifs is 1. The van der Waals surface area contributed by atoms with Crippen LogP contribution in [0.2, 0.25) is 0 Å². The number of benzene rings is 1. The summed E-state index contributed by atoms with van der Waals surface area (Å²) < 4.78 is 19.0. The van der Waals surface area contributed by atoms with E-state index in [1.165, 1.54) is 25.3 Å². The Morgan fingerprint density at radius 3 is 2.75 bits per heavy atom. The Morgan fingerprint density at radius 2 is 2.10 bits per heavy atom. The molecule has 0 spiro atoms. The summed E-state index contributed by atoms with van der Waals surface area (Å²) in [7, 11) is 0. The Balaban J connectivity index is 0.000000432. The third-order valence-electron chi connectivity index (χ3n) is 3.17. The second-order valence-corrected chi connectivity index (χ2v) is 5.00. The van der Waals surface area contributed by atoms with Crippen molar-refractivity contribution in [1.29, 1.82) is 0 Å². The maximum Gasteiger partial charge on any atom is 0.404 e. The van der Waals surface area contributed by atoms with E-state index in [0.717, 1.165) is 17.7 Å². The van der Waals surface area contributed by atoms with Gasteiger partial charge in [-0.15, -0.1) is 0 Å². The lowest BCUT2D eigenvalue weighted by molar-refractivity contribution is 0.194. The van der Waals surface area contributed by atoms with Gasteiger partial charge in [0.2, 0.25) is 0 Å². The second-order valence-electron chi connectivity index (χ2n) is 5.00. The Morgan fingerprint density at radius 1 is 1.35 bits per heavy atom. The van der Waals surface area contributed by atoms with Crippen LogP contribution in [0.15, 0.2) is 12.1 Å². The minimum absolute atomic E-state index is 0.232. The van der Waals surface area contributed by atoms with E-state index in [9.17, 15) is 9.18 Å². The van der Waals surface area contributed by atoms with E-state index < -0.39 is 6.09 Å². The molecular weight excluding hydrogens is 261 g/mol. The predicted molar refractivity (Wildman–Crippen MR) is 73.8 cm³/mol. The SMILES string of the molecule is C1CC1.O=C(O)NCCCc1c(F)ccc2c1CCO2. The van der Waals surface area contributed by atoms with Crippen molar-refractivity contribution < 1.29 is 19.0 Å². The third-order valence-corrected chi connectivity index (χ3v) is 3.17. The van der Waals surface area contributed by atoms with Crippen molar-refractivity contribution in [3.63, 3.8) is 0 Å². The first kappa shape index (κ1) is 14.6. The molecule has 1 heterocycles. The number of hydrogen-bond acceptors (Lipinski definition) is 2. The molecule has 2 aliphatic rings. The molecule has 0 bridgehead atoms. The molecular formula is C15H20FNO3. The third kappa shape index (κ3) is 4.40. The van der Waals surface area contributed by atoms with Gasteiger partial charge in [0.25, 0.3) is 0 Å². The lowest BCUT2D eigenvalue weighted by Gasteiger charge is -2.08. The summed E-state index contributed by atoms with van der Waals surface area (Å²) in [5, 5.41) is 10.7. The Bertz CT molecular complexity index is 472. The van der Waals surface area contributed by atoms with Crippen LogP contribution < -0.4 is 10.1 Å². The van der Waals surface area contributed by atoms with E-state index in [1.54, 1.807) is 6.07 Å². The van der Waals surface area contributed by atoms with E-state index in [0.29, 0.717) is 31.6 Å². The summed E-state index contributed by atoms with van der Waals surface area (Å²) >= 11 is 0. The topological polar surface area (TPSA) is 58.6 Å². The molecule has 20 heavy (non-hydrogen) atoms. The molecule has 1 aromatic rings. The van der Waals surface area contributed by atoms with Crippen molar-refractivity contribution in [2.24, 2.45) is 0 Å². The first-order valence-electron chi connectivity index (χ1n) is 7.08. The van der Waals surface area contributed by atoms with Crippen LogP contribution in [0.3, 0.4) is 0 Å². The highest BCUT2D eigenvalue weighted by atomic mass is 19.1. The summed E-state index contributed by atoms with van der Waals surface area (Å²) in [4.78, 5) is 10.3. The number of halogens is 1. The molecule has 0 aromatic heterocycles. The zero-order valence-electron chi connectivity index (χ0n) is 11.5. The average Bonchev–Trinajstić information content (AvgIpc) is 3.22. The summed E-state index contributed by atoms with van der Waals surface area (Å²) in [5.74, 6) is 0.525. The highest BCUT2D eigenvalue weighted by Gasteiger charge is 2.18. The van der Waals surface area contributed by atoms with Crippen molar-refractivity contribution in [2.75, 3.05) is 13.2 Å². The van der Waals surface area contributed by atoms with Crippen LogP contribution in [0.5, 0.6) is 5.75 Å². The summed E-state index contributed by atoms with van der Waals surface area (Å²) in [6, 6.07) is 3.06. The van der Waals surface area contributed by atoms with E-state index in [1.807, 2.05) is 0 Å². The molecule has 1 saturated carbocycles. The highest BCUT2D eigenvalue weighted by molar-refractivity contribution is 5.64. The van der Waals surface area contributed by atoms with Crippen molar-refractivity contribution in [3.05, 3.63) is 29.1 Å². The molecule has 1 fully saturated rings. The van der Waals surface area contributed by atoms with Crippen LogP contribution in [-0.4, -0.2) is 24.4 Å². The van der Waals surface area contributed by atoms with Crippen molar-refractivity contribution in [1.82, 2.24) is 5.32 Å². The molecule has 2 N–H and O–H groups in total. The van der Waals surface area contributed by atoms with Gasteiger partial charge < -0.3 is 15.2 Å². The first-order chi connectivity index (χ1) is 9.68. The number of nitrogens with one attached hydrogen (secondary N) is 1. The summed E-state index contributed by atoms with van der Waals surface area (Å²) in [5.41, 5.74) is 1.59. The van der Waals surface area contributed by atoms with Gasteiger partial charge in [0.1, 0.15) is 11.6 Å². The molecule has 1 aliphatic heterocycles. The van der Waals surface area contributed by atoms with Crippen molar-refractivity contribution in [2.45, 2.75) is 38.5 Å². The van der Waals surface area contributed by atoms with Gasteiger partial charge in [-0.2, -0.15) is 0 Å². The van der Waals surface area contributed by atoms with Gasteiger partial charge in [-0.25, -0.2) is 9.18 Å². The lowest BCUT2D eigenvalue weighted by Crippen LogP contribution is -2.22. The lowest BCUT2D eigenvalue weighted by atomic mass is 10.00.